The lowest BCUT2D eigenvalue weighted by Crippen LogP contribution is -2.25. The zero-order chi connectivity index (χ0) is 16.1. The predicted molar refractivity (Wildman–Crippen MR) is 93.8 cm³/mol. The minimum absolute atomic E-state index is 0.425. The number of benzene rings is 1. The van der Waals surface area contributed by atoms with E-state index in [1.807, 2.05) is 18.2 Å². The fourth-order valence-corrected chi connectivity index (χ4v) is 3.12. The molecule has 2 heterocycles. The van der Waals surface area contributed by atoms with E-state index in [-0.39, 0.29) is 0 Å². The Hall–Kier alpha value is -1.87. The number of nitrogens with zero attached hydrogens (tertiary/aromatic N) is 2. The third-order valence-electron chi connectivity index (χ3n) is 4.41. The summed E-state index contributed by atoms with van der Waals surface area (Å²) in [6, 6.07) is 12.2. The summed E-state index contributed by atoms with van der Waals surface area (Å²) in [6.07, 6.45) is 5.57. The maximum atomic E-state index is 5.98. The highest BCUT2D eigenvalue weighted by Crippen LogP contribution is 2.31. The fourth-order valence-electron chi connectivity index (χ4n) is 3.12. The van der Waals surface area contributed by atoms with Crippen LogP contribution in [-0.2, 0) is 0 Å². The molecular formula is C20H25N2O. The first-order valence-electron chi connectivity index (χ1n) is 8.56. The lowest BCUT2D eigenvalue weighted by molar-refractivity contribution is 0.237. The monoisotopic (exact) mass is 309 g/mol. The van der Waals surface area contributed by atoms with Gasteiger partial charge in [0.05, 0.1) is 11.9 Å². The van der Waals surface area contributed by atoms with Crippen LogP contribution in [0, 0.1) is 6.20 Å². The molecule has 3 nitrogen and oxygen atoms in total. The summed E-state index contributed by atoms with van der Waals surface area (Å²) in [6.45, 7) is 8.63. The fraction of sp³-hybridized carbons (Fsp3) is 0.450. The van der Waals surface area contributed by atoms with Crippen LogP contribution in [0.3, 0.4) is 0 Å². The lowest BCUT2D eigenvalue weighted by atomic mass is 9.95. The van der Waals surface area contributed by atoms with Gasteiger partial charge in [-0.05, 0) is 67.7 Å². The van der Waals surface area contributed by atoms with Crippen LogP contribution in [0.5, 0.6) is 5.75 Å². The minimum Gasteiger partial charge on any atom is -0.492 e. The Balaban J connectivity index is 1.71. The summed E-state index contributed by atoms with van der Waals surface area (Å²) in [5.41, 5.74) is 3.42. The molecule has 1 saturated heterocycles. The number of pyridine rings is 1. The van der Waals surface area contributed by atoms with Crippen LogP contribution in [0.2, 0.25) is 0 Å². The van der Waals surface area contributed by atoms with Gasteiger partial charge >= 0.3 is 0 Å². The third kappa shape index (κ3) is 4.11. The van der Waals surface area contributed by atoms with Gasteiger partial charge in [0.2, 0.25) is 0 Å². The second-order valence-corrected chi connectivity index (χ2v) is 6.45. The van der Waals surface area contributed by atoms with E-state index in [1.165, 1.54) is 37.1 Å². The molecule has 1 aliphatic rings. The summed E-state index contributed by atoms with van der Waals surface area (Å²) < 4.78 is 5.98. The topological polar surface area (TPSA) is 25.4 Å². The normalized spacial score (nSPS) is 15.3. The van der Waals surface area contributed by atoms with E-state index in [1.54, 1.807) is 0 Å². The molecule has 0 aliphatic carbocycles. The van der Waals surface area contributed by atoms with Gasteiger partial charge in [0.15, 0.2) is 0 Å². The lowest BCUT2D eigenvalue weighted by Gasteiger charge is -2.17. The molecule has 2 aromatic rings. The standard InChI is InChI=1S/C20H25N2O/c1-16(2)19-15-17(23-14-13-22-11-5-6-12-22)8-9-18(19)20-7-3-4-10-21-20/h3-4,7-9,15-16H,5-6,11-14H2,1-2H3. The van der Waals surface area contributed by atoms with Crippen LogP contribution in [-0.4, -0.2) is 36.1 Å². The summed E-state index contributed by atoms with van der Waals surface area (Å²) in [5.74, 6) is 1.38. The van der Waals surface area contributed by atoms with Gasteiger partial charge in [0, 0.05) is 12.1 Å². The van der Waals surface area contributed by atoms with Crippen LogP contribution in [0.15, 0.2) is 36.4 Å². The maximum Gasteiger partial charge on any atom is 0.119 e. The molecule has 0 unspecified atom stereocenters. The van der Waals surface area contributed by atoms with Crippen molar-refractivity contribution in [3.8, 4) is 17.0 Å². The Morgan fingerprint density at radius 2 is 2.04 bits per heavy atom. The van der Waals surface area contributed by atoms with Crippen LogP contribution in [0.1, 0.15) is 38.2 Å². The molecule has 0 N–H and O–H groups in total. The molecule has 3 heteroatoms. The smallest absolute Gasteiger partial charge is 0.119 e. The maximum absolute atomic E-state index is 5.98. The molecule has 121 valence electrons. The summed E-state index contributed by atoms with van der Waals surface area (Å²) in [5, 5.41) is 0. The van der Waals surface area contributed by atoms with E-state index in [0.29, 0.717) is 5.92 Å². The zero-order valence-corrected chi connectivity index (χ0v) is 14.1. The van der Waals surface area contributed by atoms with Crippen molar-refractivity contribution in [3.05, 3.63) is 48.2 Å². The molecule has 0 spiro atoms. The molecule has 1 aromatic carbocycles. The molecule has 0 bridgehead atoms. The van der Waals surface area contributed by atoms with Crippen molar-refractivity contribution in [2.45, 2.75) is 32.6 Å². The van der Waals surface area contributed by atoms with Crippen molar-refractivity contribution >= 4 is 0 Å². The quantitative estimate of drug-likeness (QED) is 0.801. The van der Waals surface area contributed by atoms with Crippen molar-refractivity contribution in [2.75, 3.05) is 26.2 Å². The number of likely N-dealkylation sites (tertiary alicyclic amines) is 1. The van der Waals surface area contributed by atoms with Crippen LogP contribution < -0.4 is 4.74 Å². The predicted octanol–water partition coefficient (Wildman–Crippen LogP) is 4.15. The van der Waals surface area contributed by atoms with Crippen molar-refractivity contribution in [1.82, 2.24) is 9.88 Å². The molecule has 0 amide bonds. The molecule has 3 rings (SSSR count). The van der Waals surface area contributed by atoms with Gasteiger partial charge in [-0.25, -0.2) is 4.98 Å². The van der Waals surface area contributed by atoms with E-state index in [0.717, 1.165) is 24.6 Å². The van der Waals surface area contributed by atoms with Crippen molar-refractivity contribution in [3.63, 3.8) is 0 Å². The molecule has 1 aromatic heterocycles. The molecule has 0 atom stereocenters. The average Bonchev–Trinajstić information content (AvgIpc) is 3.09. The van der Waals surface area contributed by atoms with Crippen molar-refractivity contribution < 1.29 is 4.74 Å². The minimum atomic E-state index is 0.425. The number of rotatable bonds is 6. The number of hydrogen-bond acceptors (Lipinski definition) is 3. The van der Waals surface area contributed by atoms with Gasteiger partial charge in [-0.15, -0.1) is 0 Å². The van der Waals surface area contributed by atoms with Gasteiger partial charge in [-0.3, -0.25) is 4.90 Å². The number of hydrogen-bond donors (Lipinski definition) is 0. The Morgan fingerprint density at radius 1 is 1.22 bits per heavy atom. The van der Waals surface area contributed by atoms with Crippen LogP contribution in [0.25, 0.3) is 11.3 Å². The molecule has 1 aliphatic heterocycles. The highest BCUT2D eigenvalue weighted by molar-refractivity contribution is 5.65. The van der Waals surface area contributed by atoms with E-state index < -0.39 is 0 Å². The summed E-state index contributed by atoms with van der Waals surface area (Å²) >= 11 is 0. The largest absolute Gasteiger partial charge is 0.492 e. The number of ether oxygens (including phenoxy) is 1. The molecule has 1 fully saturated rings. The highest BCUT2D eigenvalue weighted by atomic mass is 16.5. The molecule has 0 saturated carbocycles. The van der Waals surface area contributed by atoms with Gasteiger partial charge in [0.25, 0.3) is 0 Å². The highest BCUT2D eigenvalue weighted by Gasteiger charge is 2.13. The SMILES string of the molecule is CC(C)c1cc(OCCN2CCCC2)ccc1-c1ccc[c]n1. The first-order valence-corrected chi connectivity index (χ1v) is 8.56. The van der Waals surface area contributed by atoms with Crippen LogP contribution in [0.4, 0.5) is 0 Å². The second kappa shape index (κ2) is 7.60. The Labute approximate surface area is 139 Å². The first-order chi connectivity index (χ1) is 11.2. The van der Waals surface area contributed by atoms with Gasteiger partial charge in [-0.1, -0.05) is 19.9 Å². The van der Waals surface area contributed by atoms with Gasteiger partial charge in [-0.2, -0.15) is 0 Å². The number of aromatic nitrogens is 1. The molecular weight excluding hydrogens is 284 g/mol. The van der Waals surface area contributed by atoms with Gasteiger partial charge < -0.3 is 4.74 Å². The first kappa shape index (κ1) is 16.0. The molecule has 1 radical (unpaired) electrons. The third-order valence-corrected chi connectivity index (χ3v) is 4.41. The Morgan fingerprint density at radius 3 is 2.74 bits per heavy atom. The second-order valence-electron chi connectivity index (χ2n) is 6.45. The average molecular weight is 309 g/mol. The summed E-state index contributed by atoms with van der Waals surface area (Å²) in [7, 11) is 0. The zero-order valence-electron chi connectivity index (χ0n) is 14.1. The van der Waals surface area contributed by atoms with E-state index in [2.05, 4.69) is 48.1 Å². The van der Waals surface area contributed by atoms with Crippen molar-refractivity contribution in [2.24, 2.45) is 0 Å². The van der Waals surface area contributed by atoms with E-state index >= 15 is 0 Å². The molecule has 23 heavy (non-hydrogen) atoms. The van der Waals surface area contributed by atoms with E-state index in [9.17, 15) is 0 Å². The van der Waals surface area contributed by atoms with Crippen LogP contribution >= 0.6 is 0 Å². The Bertz CT molecular complexity index is 619. The Kier molecular flexibility index (Phi) is 5.29. The van der Waals surface area contributed by atoms with Crippen molar-refractivity contribution in [1.29, 1.82) is 0 Å². The van der Waals surface area contributed by atoms with Gasteiger partial charge in [0.1, 0.15) is 12.4 Å². The summed E-state index contributed by atoms with van der Waals surface area (Å²) in [4.78, 5) is 6.84. The van der Waals surface area contributed by atoms with E-state index in [4.69, 9.17) is 4.74 Å².